The van der Waals surface area contributed by atoms with Gasteiger partial charge in [-0.3, -0.25) is 14.6 Å². The van der Waals surface area contributed by atoms with Crippen molar-refractivity contribution in [3.8, 4) is 0 Å². The number of amides is 2. The lowest BCUT2D eigenvalue weighted by Gasteiger charge is -2.26. The van der Waals surface area contributed by atoms with Gasteiger partial charge in [0, 0.05) is 12.4 Å². The lowest BCUT2D eigenvalue weighted by molar-refractivity contribution is -0.119. The molecule has 1 atom stereocenters. The van der Waals surface area contributed by atoms with Gasteiger partial charge in [0.05, 0.1) is 23.0 Å². The normalized spacial score (nSPS) is 11.8. The zero-order chi connectivity index (χ0) is 21.1. The minimum atomic E-state index is -0.844. The number of nitrogens with zero attached hydrogens (tertiary/aromatic N) is 3. The fourth-order valence-corrected chi connectivity index (χ4v) is 3.10. The summed E-state index contributed by atoms with van der Waals surface area (Å²) in [6.07, 6.45) is 1.93. The van der Waals surface area contributed by atoms with Crippen LogP contribution in [-0.4, -0.2) is 34.9 Å². The Morgan fingerprint density at radius 2 is 1.97 bits per heavy atom. The van der Waals surface area contributed by atoms with Gasteiger partial charge in [-0.05, 0) is 24.6 Å². The molecule has 0 bridgehead atoms. The first-order chi connectivity index (χ1) is 13.8. The highest BCUT2D eigenvalue weighted by atomic mass is 19.1. The maximum absolute atomic E-state index is 14.6. The fraction of sp³-hybridized carbons (Fsp3) is 0.200. The van der Waals surface area contributed by atoms with Crippen LogP contribution in [0.5, 0.6) is 0 Å². The predicted octanol–water partition coefficient (Wildman–Crippen LogP) is 2.31. The highest BCUT2D eigenvalue weighted by molar-refractivity contribution is 5.99. The van der Waals surface area contributed by atoms with Crippen LogP contribution in [0.3, 0.4) is 0 Å². The molecule has 2 heterocycles. The van der Waals surface area contributed by atoms with E-state index in [2.05, 4.69) is 15.3 Å². The second-order valence-corrected chi connectivity index (χ2v) is 6.53. The molecular formula is C20H21FN6O2. The van der Waals surface area contributed by atoms with E-state index in [4.69, 9.17) is 11.5 Å². The Hall–Kier alpha value is -3.75. The number of anilines is 3. The van der Waals surface area contributed by atoms with E-state index in [-0.39, 0.29) is 17.2 Å². The van der Waals surface area contributed by atoms with E-state index in [1.54, 1.807) is 13.1 Å². The first-order valence-corrected chi connectivity index (χ1v) is 8.96. The summed E-state index contributed by atoms with van der Waals surface area (Å²) < 4.78 is 14.6. The molecule has 1 aromatic carbocycles. The standard InChI is InChI=1S/C20H21FN6O2/c1-3-16(18(23)29)27(2)20-14(21)9-13(17(22)28)19(26-20)25-12-8-11-6-4-5-7-15(11)24-10-12/h4-10,16H,3H2,1-2H3,(H2,22,28)(H2,23,29)(H,25,26)/t16-/m1/s1. The first kappa shape index (κ1) is 20.0. The van der Waals surface area contributed by atoms with Crippen LogP contribution < -0.4 is 21.7 Å². The summed E-state index contributed by atoms with van der Waals surface area (Å²) in [7, 11) is 1.51. The number of carbonyl (C=O) groups is 2. The Morgan fingerprint density at radius 3 is 2.62 bits per heavy atom. The molecule has 5 N–H and O–H groups in total. The topological polar surface area (TPSA) is 127 Å². The molecule has 3 aromatic rings. The molecule has 150 valence electrons. The molecule has 0 saturated carbocycles. The quantitative estimate of drug-likeness (QED) is 0.562. The Morgan fingerprint density at radius 1 is 1.24 bits per heavy atom. The van der Waals surface area contributed by atoms with E-state index in [0.717, 1.165) is 17.0 Å². The fourth-order valence-electron chi connectivity index (χ4n) is 3.10. The van der Waals surface area contributed by atoms with Crippen LogP contribution in [0.4, 0.5) is 21.7 Å². The molecule has 0 radical (unpaired) electrons. The number of hydrogen-bond donors (Lipinski definition) is 3. The average Bonchev–Trinajstić information content (AvgIpc) is 2.68. The Bertz CT molecular complexity index is 1090. The monoisotopic (exact) mass is 396 g/mol. The van der Waals surface area contributed by atoms with Gasteiger partial charge in [-0.1, -0.05) is 25.1 Å². The lowest BCUT2D eigenvalue weighted by atomic mass is 10.1. The molecule has 2 amide bonds. The maximum Gasteiger partial charge on any atom is 0.252 e. The van der Waals surface area contributed by atoms with Gasteiger partial charge in [0.1, 0.15) is 11.9 Å². The molecule has 0 aliphatic carbocycles. The van der Waals surface area contributed by atoms with Crippen LogP contribution >= 0.6 is 0 Å². The van der Waals surface area contributed by atoms with E-state index in [0.29, 0.717) is 12.1 Å². The molecule has 8 nitrogen and oxygen atoms in total. The minimum Gasteiger partial charge on any atom is -0.368 e. The third kappa shape index (κ3) is 4.08. The molecule has 0 fully saturated rings. The van der Waals surface area contributed by atoms with Gasteiger partial charge in [-0.15, -0.1) is 0 Å². The minimum absolute atomic E-state index is 0.0529. The van der Waals surface area contributed by atoms with E-state index >= 15 is 0 Å². The number of pyridine rings is 2. The van der Waals surface area contributed by atoms with Crippen molar-refractivity contribution >= 4 is 40.0 Å². The highest BCUT2D eigenvalue weighted by Crippen LogP contribution is 2.27. The van der Waals surface area contributed by atoms with Crippen LogP contribution in [0.25, 0.3) is 10.9 Å². The summed E-state index contributed by atoms with van der Waals surface area (Å²) in [5.74, 6) is -2.32. The molecule has 3 rings (SSSR count). The van der Waals surface area contributed by atoms with E-state index in [1.807, 2.05) is 30.3 Å². The molecule has 2 aromatic heterocycles. The molecule has 9 heteroatoms. The second kappa shape index (κ2) is 8.09. The van der Waals surface area contributed by atoms with Gasteiger partial charge in [0.2, 0.25) is 5.91 Å². The first-order valence-electron chi connectivity index (χ1n) is 8.96. The van der Waals surface area contributed by atoms with Gasteiger partial charge in [0.15, 0.2) is 11.6 Å². The zero-order valence-corrected chi connectivity index (χ0v) is 16.0. The molecule has 0 spiro atoms. The number of aromatic nitrogens is 2. The maximum atomic E-state index is 14.6. The number of primary amides is 2. The van der Waals surface area contributed by atoms with Crippen molar-refractivity contribution in [1.29, 1.82) is 0 Å². The van der Waals surface area contributed by atoms with E-state index < -0.39 is 23.7 Å². The van der Waals surface area contributed by atoms with Crippen molar-refractivity contribution in [2.24, 2.45) is 11.5 Å². The average molecular weight is 396 g/mol. The summed E-state index contributed by atoms with van der Waals surface area (Å²) in [6, 6.07) is 9.56. The van der Waals surface area contributed by atoms with Gasteiger partial charge in [0.25, 0.3) is 5.91 Å². The second-order valence-electron chi connectivity index (χ2n) is 6.53. The zero-order valence-electron chi connectivity index (χ0n) is 16.0. The number of nitrogens with one attached hydrogen (secondary N) is 1. The van der Waals surface area contributed by atoms with Crippen molar-refractivity contribution < 1.29 is 14.0 Å². The van der Waals surface area contributed by atoms with Gasteiger partial charge in [-0.2, -0.15) is 0 Å². The third-order valence-electron chi connectivity index (χ3n) is 4.59. The number of likely N-dealkylation sites (N-methyl/N-ethyl adjacent to an activating group) is 1. The SMILES string of the molecule is CC[C@H](C(N)=O)N(C)c1nc(Nc2cnc3ccccc3c2)c(C(N)=O)cc1F. The number of benzene rings is 1. The number of nitrogens with two attached hydrogens (primary N) is 2. The van der Waals surface area contributed by atoms with Crippen molar-refractivity contribution in [3.05, 3.63) is 54.0 Å². The smallest absolute Gasteiger partial charge is 0.252 e. The van der Waals surface area contributed by atoms with Crippen LogP contribution in [-0.2, 0) is 4.79 Å². The molecular weight excluding hydrogens is 375 g/mol. The molecule has 0 saturated heterocycles. The van der Waals surface area contributed by atoms with E-state index in [1.165, 1.54) is 11.9 Å². The number of rotatable bonds is 7. The number of fused-ring (bicyclic) bond motifs is 1. The predicted molar refractivity (Wildman–Crippen MR) is 109 cm³/mol. The van der Waals surface area contributed by atoms with Crippen LogP contribution in [0.2, 0.25) is 0 Å². The van der Waals surface area contributed by atoms with Crippen molar-refractivity contribution in [1.82, 2.24) is 9.97 Å². The van der Waals surface area contributed by atoms with Crippen molar-refractivity contribution in [3.63, 3.8) is 0 Å². The number of para-hydroxylation sites is 1. The Kier molecular flexibility index (Phi) is 5.58. The molecule has 0 aliphatic heterocycles. The number of carbonyl (C=O) groups excluding carboxylic acids is 2. The summed E-state index contributed by atoms with van der Waals surface area (Å²) in [6.45, 7) is 1.75. The Balaban J connectivity index is 2.05. The lowest BCUT2D eigenvalue weighted by Crippen LogP contribution is -2.43. The third-order valence-corrected chi connectivity index (χ3v) is 4.59. The summed E-state index contributed by atoms with van der Waals surface area (Å²) >= 11 is 0. The molecule has 0 aliphatic rings. The largest absolute Gasteiger partial charge is 0.368 e. The van der Waals surface area contributed by atoms with Crippen LogP contribution in [0.15, 0.2) is 42.6 Å². The summed E-state index contributed by atoms with van der Waals surface area (Å²) in [5.41, 5.74) is 12.0. The van der Waals surface area contributed by atoms with E-state index in [9.17, 15) is 14.0 Å². The van der Waals surface area contributed by atoms with Gasteiger partial charge in [-0.25, -0.2) is 9.37 Å². The van der Waals surface area contributed by atoms with Crippen LogP contribution in [0, 0.1) is 5.82 Å². The summed E-state index contributed by atoms with van der Waals surface area (Å²) in [5, 5.41) is 3.84. The van der Waals surface area contributed by atoms with Crippen molar-refractivity contribution in [2.45, 2.75) is 19.4 Å². The van der Waals surface area contributed by atoms with Gasteiger partial charge >= 0.3 is 0 Å². The number of halogens is 1. The summed E-state index contributed by atoms with van der Waals surface area (Å²) in [4.78, 5) is 33.4. The molecule has 29 heavy (non-hydrogen) atoms. The Labute approximate surface area is 166 Å². The number of hydrogen-bond acceptors (Lipinski definition) is 6. The van der Waals surface area contributed by atoms with Crippen LogP contribution in [0.1, 0.15) is 23.7 Å². The highest BCUT2D eigenvalue weighted by Gasteiger charge is 2.25. The molecule has 0 unspecified atom stereocenters. The van der Waals surface area contributed by atoms with Gasteiger partial charge < -0.3 is 21.7 Å². The van der Waals surface area contributed by atoms with Crippen molar-refractivity contribution in [2.75, 3.05) is 17.3 Å².